The van der Waals surface area contributed by atoms with Crippen molar-refractivity contribution < 1.29 is 22.7 Å². The Labute approximate surface area is 178 Å². The lowest BCUT2D eigenvalue weighted by Gasteiger charge is -2.23. The van der Waals surface area contributed by atoms with Crippen LogP contribution in [-0.2, 0) is 26.1 Å². The second kappa shape index (κ2) is 9.95. The van der Waals surface area contributed by atoms with Gasteiger partial charge in [0.15, 0.2) is 6.61 Å². The molecule has 1 aliphatic heterocycles. The Hall–Kier alpha value is -2.58. The molecule has 0 radical (unpaired) electrons. The van der Waals surface area contributed by atoms with Gasteiger partial charge in [-0.25, -0.2) is 8.42 Å². The summed E-state index contributed by atoms with van der Waals surface area (Å²) in [6.45, 7) is 3.36. The van der Waals surface area contributed by atoms with Crippen LogP contribution in [0.5, 0.6) is 5.75 Å². The number of benzene rings is 2. The van der Waals surface area contributed by atoms with Gasteiger partial charge in [0.25, 0.3) is 5.91 Å². The second-order valence-corrected chi connectivity index (χ2v) is 9.38. The Balaban J connectivity index is 1.57. The first-order valence-electron chi connectivity index (χ1n) is 9.96. The maximum absolute atomic E-state index is 12.3. The van der Waals surface area contributed by atoms with Gasteiger partial charge in [-0.1, -0.05) is 29.8 Å². The van der Waals surface area contributed by atoms with Gasteiger partial charge in [0.1, 0.15) is 5.75 Å². The fraction of sp³-hybridized carbons (Fsp3) is 0.409. The molecule has 1 atom stereocenters. The third-order valence-corrected chi connectivity index (χ3v) is 6.03. The van der Waals surface area contributed by atoms with E-state index in [1.165, 1.54) is 10.6 Å². The van der Waals surface area contributed by atoms with Crippen molar-refractivity contribution in [1.29, 1.82) is 0 Å². The molecule has 7 nitrogen and oxygen atoms in total. The molecule has 0 unspecified atom stereocenters. The zero-order valence-electron chi connectivity index (χ0n) is 17.3. The number of sulfonamides is 1. The van der Waals surface area contributed by atoms with E-state index in [1.807, 2.05) is 31.2 Å². The predicted molar refractivity (Wildman–Crippen MR) is 116 cm³/mol. The summed E-state index contributed by atoms with van der Waals surface area (Å²) in [6, 6.07) is 14.4. The number of amides is 1. The number of hydrogen-bond acceptors (Lipinski definition) is 5. The van der Waals surface area contributed by atoms with Crippen LogP contribution < -0.4 is 14.4 Å². The van der Waals surface area contributed by atoms with Gasteiger partial charge in [0.05, 0.1) is 24.6 Å². The Bertz CT molecular complexity index is 936. The Morgan fingerprint density at radius 1 is 1.17 bits per heavy atom. The molecule has 3 rings (SSSR count). The fourth-order valence-corrected chi connectivity index (χ4v) is 4.09. The van der Waals surface area contributed by atoms with Crippen LogP contribution in [0.1, 0.15) is 24.0 Å². The van der Waals surface area contributed by atoms with Crippen LogP contribution >= 0.6 is 0 Å². The molecule has 0 aromatic heterocycles. The number of nitrogens with one attached hydrogen (secondary N) is 1. The van der Waals surface area contributed by atoms with Crippen LogP contribution in [0, 0.1) is 6.92 Å². The van der Waals surface area contributed by atoms with Crippen LogP contribution in [0.3, 0.4) is 0 Å². The van der Waals surface area contributed by atoms with E-state index < -0.39 is 10.0 Å². The fourth-order valence-electron chi connectivity index (χ4n) is 3.20. The number of hydrogen-bond donors (Lipinski definition) is 1. The molecule has 1 fully saturated rings. The Morgan fingerprint density at radius 2 is 1.87 bits per heavy atom. The molecular weight excluding hydrogens is 404 g/mol. The normalized spacial score (nSPS) is 16.3. The van der Waals surface area contributed by atoms with Crippen LogP contribution in [0.4, 0.5) is 5.69 Å². The predicted octanol–water partition coefficient (Wildman–Crippen LogP) is 2.64. The molecule has 162 valence electrons. The van der Waals surface area contributed by atoms with Crippen molar-refractivity contribution in [3.8, 4) is 5.75 Å². The van der Waals surface area contributed by atoms with Gasteiger partial charge in [-0.15, -0.1) is 0 Å². The maximum Gasteiger partial charge on any atom is 0.258 e. The Morgan fingerprint density at radius 3 is 2.47 bits per heavy atom. The zero-order valence-corrected chi connectivity index (χ0v) is 18.2. The number of anilines is 1. The summed E-state index contributed by atoms with van der Waals surface area (Å²) in [6.07, 6.45) is 3.26. The first-order chi connectivity index (χ1) is 14.3. The lowest BCUT2D eigenvalue weighted by Crippen LogP contribution is -2.35. The van der Waals surface area contributed by atoms with E-state index in [1.54, 1.807) is 24.3 Å². The van der Waals surface area contributed by atoms with Gasteiger partial charge in [-0.05, 0) is 49.6 Å². The number of rotatable bonds is 9. The highest BCUT2D eigenvalue weighted by Crippen LogP contribution is 2.24. The molecule has 8 heteroatoms. The lowest BCUT2D eigenvalue weighted by atomic mass is 10.1. The second-order valence-electron chi connectivity index (χ2n) is 7.48. The molecule has 0 aliphatic carbocycles. The van der Waals surface area contributed by atoms with Crippen molar-refractivity contribution in [3.05, 3.63) is 59.7 Å². The van der Waals surface area contributed by atoms with Crippen LogP contribution in [0.25, 0.3) is 0 Å². The summed E-state index contributed by atoms with van der Waals surface area (Å²) >= 11 is 0. The van der Waals surface area contributed by atoms with Crippen molar-refractivity contribution >= 4 is 21.6 Å². The number of nitrogens with zero attached hydrogens (tertiary/aromatic N) is 1. The van der Waals surface area contributed by atoms with E-state index in [0.717, 1.165) is 30.6 Å². The molecule has 2 aromatic carbocycles. The lowest BCUT2D eigenvalue weighted by molar-refractivity contribution is -0.123. The van der Waals surface area contributed by atoms with Gasteiger partial charge in [-0.3, -0.25) is 9.10 Å². The highest BCUT2D eigenvalue weighted by Gasteiger charge is 2.18. The van der Waals surface area contributed by atoms with Crippen LogP contribution in [-0.4, -0.2) is 46.4 Å². The van der Waals surface area contributed by atoms with Crippen molar-refractivity contribution in [2.24, 2.45) is 0 Å². The minimum Gasteiger partial charge on any atom is -0.484 e. The van der Waals surface area contributed by atoms with Gasteiger partial charge < -0.3 is 14.8 Å². The first kappa shape index (κ1) is 22.1. The molecule has 1 aliphatic rings. The molecular formula is C22H28N2O5S. The van der Waals surface area contributed by atoms with Crippen molar-refractivity contribution in [3.63, 3.8) is 0 Å². The SMILES string of the molecule is Cc1ccc(CN(c2ccc(OCC(=O)NC[C@@H]3CCCO3)cc2)S(C)(=O)=O)cc1. The maximum atomic E-state index is 12.3. The van der Waals surface area contributed by atoms with Crippen molar-refractivity contribution in [2.75, 3.05) is 30.3 Å². The third kappa shape index (κ3) is 6.47. The van der Waals surface area contributed by atoms with E-state index in [4.69, 9.17) is 9.47 Å². The number of carbonyl (C=O) groups is 1. The molecule has 0 spiro atoms. The summed E-state index contributed by atoms with van der Waals surface area (Å²) in [7, 11) is -3.46. The highest BCUT2D eigenvalue weighted by atomic mass is 32.2. The summed E-state index contributed by atoms with van der Waals surface area (Å²) in [5.41, 5.74) is 2.55. The average Bonchev–Trinajstić information content (AvgIpc) is 3.23. The molecule has 0 bridgehead atoms. The van der Waals surface area contributed by atoms with E-state index in [-0.39, 0.29) is 25.2 Å². The van der Waals surface area contributed by atoms with Crippen LogP contribution in [0.15, 0.2) is 48.5 Å². The van der Waals surface area contributed by atoms with Crippen molar-refractivity contribution in [1.82, 2.24) is 5.32 Å². The Kier molecular flexibility index (Phi) is 7.33. The monoisotopic (exact) mass is 432 g/mol. The number of aryl methyl sites for hydroxylation is 1. The van der Waals surface area contributed by atoms with Gasteiger partial charge in [0.2, 0.25) is 10.0 Å². The zero-order chi connectivity index (χ0) is 21.6. The standard InChI is InChI=1S/C22H28N2O5S/c1-17-5-7-18(8-6-17)15-24(30(2,26)27)19-9-11-20(12-10-19)29-16-22(25)23-14-21-4-3-13-28-21/h5-12,21H,3-4,13-16H2,1-2H3,(H,23,25)/t21-/m0/s1. The van der Waals surface area contributed by atoms with Gasteiger partial charge in [0, 0.05) is 13.2 Å². The molecule has 1 heterocycles. The largest absolute Gasteiger partial charge is 0.484 e. The van der Waals surface area contributed by atoms with Gasteiger partial charge >= 0.3 is 0 Å². The first-order valence-corrected chi connectivity index (χ1v) is 11.8. The van der Waals surface area contributed by atoms with E-state index in [9.17, 15) is 13.2 Å². The van der Waals surface area contributed by atoms with Crippen LogP contribution in [0.2, 0.25) is 0 Å². The summed E-state index contributed by atoms with van der Waals surface area (Å²) in [5, 5.41) is 2.80. The molecule has 30 heavy (non-hydrogen) atoms. The van der Waals surface area contributed by atoms with E-state index in [2.05, 4.69) is 5.32 Å². The minimum atomic E-state index is -3.46. The molecule has 1 amide bonds. The highest BCUT2D eigenvalue weighted by molar-refractivity contribution is 7.92. The molecule has 1 saturated heterocycles. The molecule has 2 aromatic rings. The average molecular weight is 433 g/mol. The van der Waals surface area contributed by atoms with E-state index in [0.29, 0.717) is 18.0 Å². The number of carbonyl (C=O) groups excluding carboxylic acids is 1. The summed E-state index contributed by atoms with van der Waals surface area (Å²) in [5.74, 6) is 0.279. The molecule has 0 saturated carbocycles. The molecule has 1 N–H and O–H groups in total. The minimum absolute atomic E-state index is 0.0868. The topological polar surface area (TPSA) is 84.9 Å². The summed E-state index contributed by atoms with van der Waals surface area (Å²) < 4.78 is 37.0. The smallest absolute Gasteiger partial charge is 0.258 e. The quantitative estimate of drug-likeness (QED) is 0.659. The van der Waals surface area contributed by atoms with Crippen molar-refractivity contribution in [2.45, 2.75) is 32.4 Å². The van der Waals surface area contributed by atoms with Gasteiger partial charge in [-0.2, -0.15) is 0 Å². The van der Waals surface area contributed by atoms with E-state index >= 15 is 0 Å². The summed E-state index contributed by atoms with van der Waals surface area (Å²) in [4.78, 5) is 11.9. The number of ether oxygens (including phenoxy) is 2. The third-order valence-electron chi connectivity index (χ3n) is 4.89.